The maximum absolute atomic E-state index is 11.5. The molecule has 0 saturated carbocycles. The van der Waals surface area contributed by atoms with Gasteiger partial charge in [0.25, 0.3) is 0 Å². The van der Waals surface area contributed by atoms with Crippen LogP contribution < -0.4 is 5.32 Å². The quantitative estimate of drug-likeness (QED) is 0.910. The Morgan fingerprint density at radius 2 is 2.16 bits per heavy atom. The van der Waals surface area contributed by atoms with Crippen molar-refractivity contribution in [2.24, 2.45) is 0 Å². The Labute approximate surface area is 118 Å². The lowest BCUT2D eigenvalue weighted by molar-refractivity contribution is -0.121. The highest BCUT2D eigenvalue weighted by molar-refractivity contribution is 6.31. The van der Waals surface area contributed by atoms with Crippen LogP contribution in [0, 0.1) is 0 Å². The number of aryl methyl sites for hydroxylation is 1. The maximum atomic E-state index is 11.5. The Bertz CT molecular complexity index is 583. The van der Waals surface area contributed by atoms with Crippen molar-refractivity contribution in [3.05, 3.63) is 41.0 Å². The fourth-order valence-electron chi connectivity index (χ4n) is 1.87. The monoisotopic (exact) mass is 276 g/mol. The normalized spacial score (nSPS) is 10.6. The second kappa shape index (κ2) is 6.53. The van der Waals surface area contributed by atoms with Crippen LogP contribution in [0.15, 0.2) is 30.3 Å². The van der Waals surface area contributed by atoms with E-state index in [9.17, 15) is 4.79 Å². The summed E-state index contributed by atoms with van der Waals surface area (Å²) in [6.07, 6.45) is 2.10. The molecule has 100 valence electrons. The predicted molar refractivity (Wildman–Crippen MR) is 78.4 cm³/mol. The number of halogens is 1. The fourth-order valence-corrected chi connectivity index (χ4v) is 2.05. The van der Waals surface area contributed by atoms with E-state index in [0.717, 1.165) is 29.6 Å². The predicted octanol–water partition coefficient (Wildman–Crippen LogP) is 3.35. The van der Waals surface area contributed by atoms with Gasteiger partial charge >= 0.3 is 0 Å². The van der Waals surface area contributed by atoms with Crippen LogP contribution in [0.3, 0.4) is 0 Å². The number of rotatable bonds is 5. The molecule has 19 heavy (non-hydrogen) atoms. The van der Waals surface area contributed by atoms with Crippen molar-refractivity contribution in [1.82, 2.24) is 10.3 Å². The molecule has 2 aromatic rings. The van der Waals surface area contributed by atoms with Gasteiger partial charge in [-0.25, -0.2) is 0 Å². The summed E-state index contributed by atoms with van der Waals surface area (Å²) in [6.45, 7) is 2.78. The Hall–Kier alpha value is -1.61. The highest BCUT2D eigenvalue weighted by Gasteiger charge is 2.03. The molecule has 0 aliphatic rings. The van der Waals surface area contributed by atoms with Crippen molar-refractivity contribution < 1.29 is 4.79 Å². The van der Waals surface area contributed by atoms with Gasteiger partial charge < -0.3 is 5.32 Å². The van der Waals surface area contributed by atoms with Crippen LogP contribution in [0.2, 0.25) is 5.02 Å². The third-order valence-corrected chi connectivity index (χ3v) is 3.12. The molecule has 0 aliphatic carbocycles. The molecule has 0 radical (unpaired) electrons. The first-order valence-corrected chi connectivity index (χ1v) is 6.88. The summed E-state index contributed by atoms with van der Waals surface area (Å²) in [6, 6.07) is 9.56. The van der Waals surface area contributed by atoms with E-state index < -0.39 is 0 Å². The topological polar surface area (TPSA) is 42.0 Å². The molecule has 0 spiro atoms. The van der Waals surface area contributed by atoms with Gasteiger partial charge in [-0.1, -0.05) is 24.6 Å². The average Bonchev–Trinajstić information content (AvgIpc) is 2.42. The van der Waals surface area contributed by atoms with E-state index in [1.807, 2.05) is 37.3 Å². The van der Waals surface area contributed by atoms with Crippen LogP contribution in [-0.2, 0) is 11.2 Å². The van der Waals surface area contributed by atoms with Crippen molar-refractivity contribution in [2.45, 2.75) is 26.2 Å². The maximum Gasteiger partial charge on any atom is 0.220 e. The van der Waals surface area contributed by atoms with Gasteiger partial charge in [0.15, 0.2) is 0 Å². The van der Waals surface area contributed by atoms with Crippen LogP contribution in [0.25, 0.3) is 10.9 Å². The van der Waals surface area contributed by atoms with E-state index >= 15 is 0 Å². The third kappa shape index (κ3) is 3.93. The van der Waals surface area contributed by atoms with E-state index in [1.54, 1.807) is 0 Å². The van der Waals surface area contributed by atoms with Crippen LogP contribution >= 0.6 is 11.6 Å². The van der Waals surface area contributed by atoms with Gasteiger partial charge in [-0.05, 0) is 37.1 Å². The minimum atomic E-state index is 0.0832. The molecule has 4 heteroatoms. The van der Waals surface area contributed by atoms with Crippen LogP contribution in [0.1, 0.15) is 25.5 Å². The van der Waals surface area contributed by atoms with Crippen molar-refractivity contribution in [1.29, 1.82) is 0 Å². The molecular formula is C15H17ClN2O. The molecule has 0 bridgehead atoms. The lowest BCUT2D eigenvalue weighted by atomic mass is 10.1. The number of amides is 1. The standard InChI is InChI=1S/C15H17ClN2O/c1-2-9-17-15(19)8-6-13-5-3-11-10-12(16)4-7-14(11)18-13/h3-5,7,10H,2,6,8-9H2,1H3,(H,17,19). The molecule has 0 saturated heterocycles. The SMILES string of the molecule is CCCNC(=O)CCc1ccc2cc(Cl)ccc2n1. The van der Waals surface area contributed by atoms with Crippen molar-refractivity contribution in [3.63, 3.8) is 0 Å². The number of pyridine rings is 1. The van der Waals surface area contributed by atoms with E-state index in [0.29, 0.717) is 17.9 Å². The molecule has 1 heterocycles. The molecule has 1 amide bonds. The molecule has 1 N–H and O–H groups in total. The Kier molecular flexibility index (Phi) is 4.74. The zero-order chi connectivity index (χ0) is 13.7. The molecule has 0 atom stereocenters. The van der Waals surface area contributed by atoms with Gasteiger partial charge in [0.05, 0.1) is 5.52 Å². The summed E-state index contributed by atoms with van der Waals surface area (Å²) in [5.41, 5.74) is 1.84. The second-order valence-corrected chi connectivity index (χ2v) is 4.93. The molecule has 0 fully saturated rings. The number of nitrogens with one attached hydrogen (secondary N) is 1. The third-order valence-electron chi connectivity index (χ3n) is 2.89. The van der Waals surface area contributed by atoms with Gasteiger partial charge in [0.2, 0.25) is 5.91 Å². The Morgan fingerprint density at radius 3 is 2.95 bits per heavy atom. The number of nitrogens with zero attached hydrogens (tertiary/aromatic N) is 1. The van der Waals surface area contributed by atoms with Crippen LogP contribution in [-0.4, -0.2) is 17.4 Å². The summed E-state index contributed by atoms with van der Waals surface area (Å²) >= 11 is 5.93. The van der Waals surface area contributed by atoms with E-state index in [1.165, 1.54) is 0 Å². The lowest BCUT2D eigenvalue weighted by Crippen LogP contribution is -2.24. The first-order chi connectivity index (χ1) is 9.19. The summed E-state index contributed by atoms with van der Waals surface area (Å²) in [7, 11) is 0. The number of carbonyl (C=O) groups excluding carboxylic acids is 1. The molecule has 0 aliphatic heterocycles. The van der Waals surface area contributed by atoms with Crippen LogP contribution in [0.5, 0.6) is 0 Å². The van der Waals surface area contributed by atoms with Gasteiger partial charge in [0, 0.05) is 29.1 Å². The Morgan fingerprint density at radius 1 is 1.32 bits per heavy atom. The van der Waals surface area contributed by atoms with E-state index in [4.69, 9.17) is 11.6 Å². The van der Waals surface area contributed by atoms with E-state index in [-0.39, 0.29) is 5.91 Å². The average molecular weight is 277 g/mol. The number of benzene rings is 1. The summed E-state index contributed by atoms with van der Waals surface area (Å²) in [5.74, 6) is 0.0832. The number of aromatic nitrogens is 1. The molecular weight excluding hydrogens is 260 g/mol. The fraction of sp³-hybridized carbons (Fsp3) is 0.333. The number of hydrogen-bond acceptors (Lipinski definition) is 2. The number of carbonyl (C=O) groups is 1. The van der Waals surface area contributed by atoms with Gasteiger partial charge in [-0.15, -0.1) is 0 Å². The minimum Gasteiger partial charge on any atom is -0.356 e. The summed E-state index contributed by atoms with van der Waals surface area (Å²) < 4.78 is 0. The van der Waals surface area contributed by atoms with Gasteiger partial charge in [0.1, 0.15) is 0 Å². The van der Waals surface area contributed by atoms with E-state index in [2.05, 4.69) is 10.3 Å². The summed E-state index contributed by atoms with van der Waals surface area (Å²) in [5, 5.41) is 4.59. The molecule has 0 unspecified atom stereocenters. The molecule has 1 aromatic carbocycles. The summed E-state index contributed by atoms with van der Waals surface area (Å²) in [4.78, 5) is 16.1. The van der Waals surface area contributed by atoms with Crippen molar-refractivity contribution >= 4 is 28.4 Å². The molecule has 3 nitrogen and oxygen atoms in total. The lowest BCUT2D eigenvalue weighted by Gasteiger charge is -2.04. The minimum absolute atomic E-state index is 0.0832. The van der Waals surface area contributed by atoms with Crippen molar-refractivity contribution in [3.8, 4) is 0 Å². The number of fused-ring (bicyclic) bond motifs is 1. The molecule has 2 rings (SSSR count). The highest BCUT2D eigenvalue weighted by atomic mass is 35.5. The van der Waals surface area contributed by atoms with Gasteiger partial charge in [-0.3, -0.25) is 9.78 Å². The zero-order valence-corrected chi connectivity index (χ0v) is 11.7. The highest BCUT2D eigenvalue weighted by Crippen LogP contribution is 2.18. The molecule has 1 aromatic heterocycles. The first-order valence-electron chi connectivity index (χ1n) is 6.51. The van der Waals surface area contributed by atoms with Crippen LogP contribution in [0.4, 0.5) is 0 Å². The Balaban J connectivity index is 2.01. The second-order valence-electron chi connectivity index (χ2n) is 4.49. The first kappa shape index (κ1) is 13.8. The van der Waals surface area contributed by atoms with Crippen molar-refractivity contribution in [2.75, 3.05) is 6.54 Å². The zero-order valence-electron chi connectivity index (χ0n) is 10.9. The smallest absolute Gasteiger partial charge is 0.220 e. The van der Waals surface area contributed by atoms with Gasteiger partial charge in [-0.2, -0.15) is 0 Å². The number of hydrogen-bond donors (Lipinski definition) is 1. The largest absolute Gasteiger partial charge is 0.356 e.